The van der Waals surface area contributed by atoms with Crippen LogP contribution in [0.15, 0.2) is 71.7 Å². The van der Waals surface area contributed by atoms with Crippen LogP contribution in [-0.4, -0.2) is 56.8 Å². The molecule has 1 amide bonds. The minimum absolute atomic E-state index is 0.0163. The summed E-state index contributed by atoms with van der Waals surface area (Å²) in [6, 6.07) is 21.3. The number of fused-ring (bicyclic) bond motifs is 3. The number of rotatable bonds is 8. The molecule has 8 nitrogen and oxygen atoms in total. The molecule has 5 rings (SSSR count). The Kier molecular flexibility index (Phi) is 8.30. The predicted octanol–water partition coefficient (Wildman–Crippen LogP) is 3.31. The summed E-state index contributed by atoms with van der Waals surface area (Å²) in [4.78, 5) is 31.0. The molecular weight excluding hydrogens is 542 g/mol. The van der Waals surface area contributed by atoms with Crippen LogP contribution >= 0.6 is 11.6 Å². The Morgan fingerprint density at radius 2 is 1.82 bits per heavy atom. The smallest absolute Gasteiger partial charge is 0.222 e. The lowest BCUT2D eigenvalue weighted by molar-refractivity contribution is -0.121. The van der Waals surface area contributed by atoms with Crippen molar-refractivity contribution < 1.29 is 14.3 Å². The Morgan fingerprint density at radius 3 is 2.50 bits per heavy atom. The molecule has 0 aromatic heterocycles. The third kappa shape index (κ3) is 6.08. The van der Waals surface area contributed by atoms with Crippen LogP contribution in [0.5, 0.6) is 5.75 Å². The average molecular weight is 578 g/mol. The molecule has 3 unspecified atom stereocenters. The lowest BCUT2D eigenvalue weighted by Gasteiger charge is -2.31. The van der Waals surface area contributed by atoms with Crippen molar-refractivity contribution in [2.75, 3.05) is 18.6 Å². The molecule has 2 aliphatic heterocycles. The number of carbonyl (C=O) groups is 1. The number of hydrogen-bond acceptors (Lipinski definition) is 7. The van der Waals surface area contributed by atoms with Crippen molar-refractivity contribution in [3.05, 3.63) is 88.4 Å². The lowest BCUT2D eigenvalue weighted by Crippen LogP contribution is -2.47. The topological polar surface area (TPSA) is 98.2 Å². The van der Waals surface area contributed by atoms with Gasteiger partial charge in [0.05, 0.1) is 31.4 Å². The van der Waals surface area contributed by atoms with Crippen molar-refractivity contribution in [3.63, 3.8) is 0 Å². The van der Waals surface area contributed by atoms with Gasteiger partial charge in [0.2, 0.25) is 14.2 Å². The van der Waals surface area contributed by atoms with Gasteiger partial charge in [-0.2, -0.15) is 0 Å². The fourth-order valence-corrected chi connectivity index (χ4v) is 6.38. The van der Waals surface area contributed by atoms with Gasteiger partial charge in [-0.05, 0) is 67.5 Å². The second kappa shape index (κ2) is 11.7. The van der Waals surface area contributed by atoms with Crippen LogP contribution in [-0.2, 0) is 11.2 Å². The molecule has 3 aromatic rings. The first-order valence-corrected chi connectivity index (χ1v) is 16.9. The van der Waals surface area contributed by atoms with Gasteiger partial charge in [0.15, 0.2) is 0 Å². The SMILES string of the molecule is COc1ccc2c(c1)C(c1ccc(Cl)cc1)=NC(CC(=O)NCCc1ccc([Si](C)(C)O)cc1)C1NNC(C)N21. The fourth-order valence-electron chi connectivity index (χ4n) is 5.27. The number of benzene rings is 3. The van der Waals surface area contributed by atoms with Crippen molar-refractivity contribution in [3.8, 4) is 5.75 Å². The molecule has 10 heteroatoms. The van der Waals surface area contributed by atoms with Crippen LogP contribution in [0.2, 0.25) is 18.1 Å². The van der Waals surface area contributed by atoms with E-state index in [4.69, 9.17) is 21.3 Å². The highest BCUT2D eigenvalue weighted by atomic mass is 35.5. The molecule has 210 valence electrons. The normalized spacial score (nSPS) is 20.3. The summed E-state index contributed by atoms with van der Waals surface area (Å²) in [6.45, 7) is 6.41. The zero-order valence-electron chi connectivity index (χ0n) is 23.2. The molecule has 0 radical (unpaired) electrons. The van der Waals surface area contributed by atoms with Gasteiger partial charge in [-0.1, -0.05) is 48.0 Å². The van der Waals surface area contributed by atoms with Gasteiger partial charge in [0, 0.05) is 28.4 Å². The van der Waals surface area contributed by atoms with E-state index in [-0.39, 0.29) is 30.7 Å². The first-order chi connectivity index (χ1) is 19.1. The summed E-state index contributed by atoms with van der Waals surface area (Å²) in [5.41, 5.74) is 11.5. The number of aliphatic imine (C=N–C) groups is 1. The maximum Gasteiger partial charge on any atom is 0.222 e. The summed E-state index contributed by atoms with van der Waals surface area (Å²) in [5.74, 6) is 0.674. The molecule has 2 heterocycles. The third-order valence-electron chi connectivity index (χ3n) is 7.46. The molecule has 0 aliphatic carbocycles. The summed E-state index contributed by atoms with van der Waals surface area (Å²) in [6.07, 6.45) is 0.684. The number of amides is 1. The summed E-state index contributed by atoms with van der Waals surface area (Å²) in [5, 5.41) is 4.73. The van der Waals surface area contributed by atoms with Gasteiger partial charge >= 0.3 is 0 Å². The number of nitrogens with zero attached hydrogens (tertiary/aromatic N) is 2. The lowest BCUT2D eigenvalue weighted by atomic mass is 9.99. The van der Waals surface area contributed by atoms with Crippen molar-refractivity contribution >= 4 is 42.4 Å². The van der Waals surface area contributed by atoms with E-state index in [9.17, 15) is 9.59 Å². The minimum atomic E-state index is -2.32. The predicted molar refractivity (Wildman–Crippen MR) is 163 cm³/mol. The molecule has 0 spiro atoms. The Balaban J connectivity index is 1.38. The first kappa shape index (κ1) is 28.3. The van der Waals surface area contributed by atoms with Crippen molar-refractivity contribution in [1.82, 2.24) is 16.2 Å². The molecule has 4 N–H and O–H groups in total. The molecule has 0 saturated carbocycles. The number of anilines is 1. The van der Waals surface area contributed by atoms with Crippen LogP contribution in [0.25, 0.3) is 0 Å². The van der Waals surface area contributed by atoms with E-state index in [2.05, 4.69) is 28.0 Å². The Labute approximate surface area is 241 Å². The molecule has 1 saturated heterocycles. The third-order valence-corrected chi connectivity index (χ3v) is 9.46. The van der Waals surface area contributed by atoms with Crippen LogP contribution in [0.3, 0.4) is 0 Å². The second-order valence-corrected chi connectivity index (χ2v) is 14.9. The van der Waals surface area contributed by atoms with Crippen molar-refractivity contribution in [2.45, 2.75) is 51.2 Å². The highest BCUT2D eigenvalue weighted by Crippen LogP contribution is 2.36. The number of halogens is 1. The van der Waals surface area contributed by atoms with Crippen LogP contribution < -0.4 is 31.0 Å². The molecule has 0 bridgehead atoms. The van der Waals surface area contributed by atoms with Crippen LogP contribution in [0.1, 0.15) is 30.0 Å². The number of hydrogen-bond donors (Lipinski definition) is 4. The number of nitrogens with one attached hydrogen (secondary N) is 3. The number of hydrazine groups is 1. The monoisotopic (exact) mass is 577 g/mol. The van der Waals surface area contributed by atoms with E-state index in [1.54, 1.807) is 7.11 Å². The van der Waals surface area contributed by atoms with Gasteiger partial charge in [-0.25, -0.2) is 10.9 Å². The second-order valence-electron chi connectivity index (χ2n) is 10.8. The Bertz CT molecular complexity index is 1390. The van der Waals surface area contributed by atoms with Crippen molar-refractivity contribution in [2.24, 2.45) is 4.99 Å². The van der Waals surface area contributed by atoms with Crippen LogP contribution in [0, 0.1) is 0 Å². The molecule has 2 aliphatic rings. The zero-order valence-corrected chi connectivity index (χ0v) is 25.0. The van der Waals surface area contributed by atoms with Crippen molar-refractivity contribution in [1.29, 1.82) is 0 Å². The van der Waals surface area contributed by atoms with Gasteiger partial charge in [-0.15, -0.1) is 0 Å². The Morgan fingerprint density at radius 1 is 1.10 bits per heavy atom. The molecular formula is C30H36ClN5O3Si. The number of methoxy groups -OCH3 is 1. The highest BCUT2D eigenvalue weighted by Gasteiger charge is 2.40. The molecule has 1 fully saturated rings. The van der Waals surface area contributed by atoms with E-state index in [1.807, 2.05) is 79.8 Å². The van der Waals surface area contributed by atoms with E-state index < -0.39 is 8.32 Å². The molecule has 40 heavy (non-hydrogen) atoms. The summed E-state index contributed by atoms with van der Waals surface area (Å²) >= 11 is 6.20. The standard InChI is InChI=1S/C30H36ClN5O3Si/c1-19-34-35-30-26(18-28(37)32-16-15-20-5-12-24(13-6-20)40(3,4)38)33-29(21-7-9-22(31)10-8-21)25-17-23(39-2)11-14-27(25)36(19)30/h5-14,17,19,26,30,34-35,38H,15-16,18H2,1-4H3,(H,32,37). The highest BCUT2D eigenvalue weighted by molar-refractivity contribution is 6.83. The maximum atomic E-state index is 13.2. The van der Waals surface area contributed by atoms with E-state index in [0.717, 1.165) is 39.0 Å². The molecule has 3 atom stereocenters. The maximum absolute atomic E-state index is 13.2. The zero-order chi connectivity index (χ0) is 28.4. The summed E-state index contributed by atoms with van der Waals surface area (Å²) in [7, 11) is -0.672. The Hall–Kier alpha value is -3.21. The largest absolute Gasteiger partial charge is 0.497 e. The average Bonchev–Trinajstić information content (AvgIpc) is 3.25. The van der Waals surface area contributed by atoms with Gasteiger partial charge in [-0.3, -0.25) is 9.79 Å². The van der Waals surface area contributed by atoms with E-state index >= 15 is 0 Å². The number of carbonyl (C=O) groups excluding carboxylic acids is 1. The fraction of sp³-hybridized carbons (Fsp3) is 0.333. The number of ether oxygens (including phenoxy) is 1. The summed E-state index contributed by atoms with van der Waals surface area (Å²) < 4.78 is 5.56. The minimum Gasteiger partial charge on any atom is -0.497 e. The van der Waals surface area contributed by atoms with Gasteiger partial charge in [0.25, 0.3) is 0 Å². The molecule has 3 aromatic carbocycles. The first-order valence-electron chi connectivity index (χ1n) is 13.5. The van der Waals surface area contributed by atoms with Gasteiger partial charge < -0.3 is 19.7 Å². The van der Waals surface area contributed by atoms with E-state index in [1.165, 1.54) is 0 Å². The van der Waals surface area contributed by atoms with E-state index in [0.29, 0.717) is 18.0 Å². The quantitative estimate of drug-likeness (QED) is 0.307. The van der Waals surface area contributed by atoms with Crippen LogP contribution in [0.4, 0.5) is 5.69 Å². The van der Waals surface area contributed by atoms with Gasteiger partial charge in [0.1, 0.15) is 11.9 Å².